The second kappa shape index (κ2) is 6.78. The standard InChI is InChI=1S/C16H15N3O4/c1-11(13-3-7-15(8-4-13)18(20)21)17-12(2)14-5-9-16(10-6-14)19(22)23/h3-11H,1-2H3/t11-/m1/s1. The first kappa shape index (κ1) is 16.3. The average Bonchev–Trinajstić information content (AvgIpc) is 2.54. The van der Waals surface area contributed by atoms with Crippen LogP contribution in [-0.4, -0.2) is 15.6 Å². The first-order chi connectivity index (χ1) is 10.9. The molecule has 0 saturated heterocycles. The summed E-state index contributed by atoms with van der Waals surface area (Å²) in [6.07, 6.45) is 0. The van der Waals surface area contributed by atoms with Crippen molar-refractivity contribution in [3.05, 3.63) is 79.9 Å². The number of aliphatic imine (C=N–C) groups is 1. The van der Waals surface area contributed by atoms with E-state index in [1.165, 1.54) is 24.3 Å². The van der Waals surface area contributed by atoms with E-state index in [9.17, 15) is 20.2 Å². The summed E-state index contributed by atoms with van der Waals surface area (Å²) >= 11 is 0. The van der Waals surface area contributed by atoms with E-state index >= 15 is 0 Å². The van der Waals surface area contributed by atoms with Gasteiger partial charge in [0.05, 0.1) is 15.9 Å². The highest BCUT2D eigenvalue weighted by Gasteiger charge is 2.10. The van der Waals surface area contributed by atoms with Crippen molar-refractivity contribution in [3.63, 3.8) is 0 Å². The van der Waals surface area contributed by atoms with E-state index in [2.05, 4.69) is 4.99 Å². The molecule has 0 amide bonds. The van der Waals surface area contributed by atoms with Crippen molar-refractivity contribution in [1.29, 1.82) is 0 Å². The molecule has 23 heavy (non-hydrogen) atoms. The van der Waals surface area contributed by atoms with E-state index in [1.807, 2.05) is 13.8 Å². The fourth-order valence-electron chi connectivity index (χ4n) is 2.14. The summed E-state index contributed by atoms with van der Waals surface area (Å²) in [5, 5.41) is 21.3. The lowest BCUT2D eigenvalue weighted by molar-refractivity contribution is -0.385. The summed E-state index contributed by atoms with van der Waals surface area (Å²) in [4.78, 5) is 24.9. The molecular formula is C16H15N3O4. The Kier molecular flexibility index (Phi) is 4.80. The molecule has 0 fully saturated rings. The van der Waals surface area contributed by atoms with Crippen LogP contribution >= 0.6 is 0 Å². The Morgan fingerprint density at radius 3 is 1.78 bits per heavy atom. The number of nitro groups is 2. The van der Waals surface area contributed by atoms with Gasteiger partial charge in [0, 0.05) is 30.0 Å². The van der Waals surface area contributed by atoms with Crippen LogP contribution in [0.2, 0.25) is 0 Å². The fourth-order valence-corrected chi connectivity index (χ4v) is 2.14. The van der Waals surface area contributed by atoms with Crippen LogP contribution in [0.25, 0.3) is 0 Å². The van der Waals surface area contributed by atoms with Crippen molar-refractivity contribution in [2.75, 3.05) is 0 Å². The zero-order chi connectivity index (χ0) is 17.0. The van der Waals surface area contributed by atoms with Crippen molar-refractivity contribution in [2.45, 2.75) is 19.9 Å². The molecule has 0 N–H and O–H groups in total. The van der Waals surface area contributed by atoms with Crippen LogP contribution in [0, 0.1) is 20.2 Å². The Balaban J connectivity index is 2.18. The van der Waals surface area contributed by atoms with Crippen molar-refractivity contribution in [2.24, 2.45) is 4.99 Å². The zero-order valence-corrected chi connectivity index (χ0v) is 12.7. The number of nitro benzene ring substituents is 2. The van der Waals surface area contributed by atoms with Gasteiger partial charge in [0.1, 0.15) is 0 Å². The lowest BCUT2D eigenvalue weighted by Crippen LogP contribution is -2.00. The predicted octanol–water partition coefficient (Wildman–Crippen LogP) is 4.07. The quantitative estimate of drug-likeness (QED) is 0.472. The van der Waals surface area contributed by atoms with Crippen LogP contribution < -0.4 is 0 Å². The van der Waals surface area contributed by atoms with E-state index < -0.39 is 9.85 Å². The van der Waals surface area contributed by atoms with Crippen LogP contribution in [-0.2, 0) is 0 Å². The molecule has 2 rings (SSSR count). The SMILES string of the molecule is CC(=N[C@H](C)c1ccc([N+](=O)[O-])cc1)c1ccc([N+](=O)[O-])cc1. The molecule has 0 aliphatic carbocycles. The maximum absolute atomic E-state index is 10.7. The van der Waals surface area contributed by atoms with E-state index in [4.69, 9.17) is 0 Å². The monoisotopic (exact) mass is 313 g/mol. The minimum atomic E-state index is -0.449. The lowest BCUT2D eigenvalue weighted by Gasteiger charge is -2.09. The second-order valence-electron chi connectivity index (χ2n) is 5.04. The van der Waals surface area contributed by atoms with Gasteiger partial charge in [-0.05, 0) is 37.1 Å². The van der Waals surface area contributed by atoms with E-state index in [1.54, 1.807) is 24.3 Å². The smallest absolute Gasteiger partial charge is 0.269 e. The van der Waals surface area contributed by atoms with Crippen molar-refractivity contribution < 1.29 is 9.85 Å². The van der Waals surface area contributed by atoms with Gasteiger partial charge in [-0.3, -0.25) is 25.2 Å². The molecule has 0 bridgehead atoms. The third-order valence-corrected chi connectivity index (χ3v) is 3.47. The Morgan fingerprint density at radius 2 is 1.35 bits per heavy atom. The van der Waals surface area contributed by atoms with Crippen LogP contribution in [0.5, 0.6) is 0 Å². The normalized spacial score (nSPS) is 12.7. The Morgan fingerprint density at radius 1 is 0.913 bits per heavy atom. The fraction of sp³-hybridized carbons (Fsp3) is 0.188. The first-order valence-corrected chi connectivity index (χ1v) is 6.92. The summed E-state index contributed by atoms with van der Waals surface area (Å²) in [6, 6.07) is 12.2. The molecule has 0 aromatic heterocycles. The minimum Gasteiger partial charge on any atom is -0.282 e. The molecule has 0 aliphatic rings. The largest absolute Gasteiger partial charge is 0.282 e. The Hall–Kier alpha value is -3.09. The number of hydrogen-bond donors (Lipinski definition) is 0. The molecule has 0 aliphatic heterocycles. The van der Waals surface area contributed by atoms with Crippen LogP contribution in [0.15, 0.2) is 53.5 Å². The summed E-state index contributed by atoms with van der Waals surface area (Å²) in [5.74, 6) is 0. The molecule has 7 heteroatoms. The second-order valence-corrected chi connectivity index (χ2v) is 5.04. The van der Waals surface area contributed by atoms with Gasteiger partial charge in [0.15, 0.2) is 0 Å². The van der Waals surface area contributed by atoms with Gasteiger partial charge in [-0.2, -0.15) is 0 Å². The third-order valence-electron chi connectivity index (χ3n) is 3.47. The molecule has 2 aromatic carbocycles. The van der Waals surface area contributed by atoms with E-state index in [0.717, 1.165) is 16.8 Å². The van der Waals surface area contributed by atoms with Crippen LogP contribution in [0.4, 0.5) is 11.4 Å². The number of nitrogens with zero attached hydrogens (tertiary/aromatic N) is 3. The lowest BCUT2D eigenvalue weighted by atomic mass is 10.1. The van der Waals surface area contributed by atoms with Gasteiger partial charge in [0.2, 0.25) is 0 Å². The summed E-state index contributed by atoms with van der Waals surface area (Å²) in [6.45, 7) is 3.71. The van der Waals surface area contributed by atoms with Crippen LogP contribution in [0.1, 0.15) is 31.0 Å². The third kappa shape index (κ3) is 3.97. The molecule has 2 aromatic rings. The summed E-state index contributed by atoms with van der Waals surface area (Å²) < 4.78 is 0. The van der Waals surface area contributed by atoms with Gasteiger partial charge < -0.3 is 0 Å². The van der Waals surface area contributed by atoms with Gasteiger partial charge in [-0.25, -0.2) is 0 Å². The predicted molar refractivity (Wildman–Crippen MR) is 86.8 cm³/mol. The molecule has 7 nitrogen and oxygen atoms in total. The minimum absolute atomic E-state index is 0.0324. The Labute approximate surface area is 132 Å². The molecule has 0 heterocycles. The van der Waals surface area contributed by atoms with E-state index in [0.29, 0.717) is 0 Å². The van der Waals surface area contributed by atoms with Gasteiger partial charge >= 0.3 is 0 Å². The first-order valence-electron chi connectivity index (χ1n) is 6.92. The molecule has 0 saturated carbocycles. The topological polar surface area (TPSA) is 98.6 Å². The molecule has 0 radical (unpaired) electrons. The number of rotatable bonds is 5. The van der Waals surface area contributed by atoms with E-state index in [-0.39, 0.29) is 17.4 Å². The highest BCUT2D eigenvalue weighted by atomic mass is 16.6. The number of hydrogen-bond acceptors (Lipinski definition) is 5. The maximum Gasteiger partial charge on any atom is 0.269 e. The van der Waals surface area contributed by atoms with Crippen molar-refractivity contribution >= 4 is 17.1 Å². The molecule has 0 unspecified atom stereocenters. The van der Waals surface area contributed by atoms with Crippen molar-refractivity contribution in [1.82, 2.24) is 0 Å². The molecule has 118 valence electrons. The summed E-state index contributed by atoms with van der Waals surface area (Å²) in [5.41, 5.74) is 2.47. The number of benzene rings is 2. The highest BCUT2D eigenvalue weighted by molar-refractivity contribution is 5.99. The average molecular weight is 313 g/mol. The van der Waals surface area contributed by atoms with Crippen LogP contribution in [0.3, 0.4) is 0 Å². The van der Waals surface area contributed by atoms with Gasteiger partial charge in [-0.1, -0.05) is 12.1 Å². The molecule has 1 atom stereocenters. The van der Waals surface area contributed by atoms with Crippen molar-refractivity contribution in [3.8, 4) is 0 Å². The Bertz CT molecular complexity index is 752. The molecular weight excluding hydrogens is 298 g/mol. The van der Waals surface area contributed by atoms with Gasteiger partial charge in [-0.15, -0.1) is 0 Å². The van der Waals surface area contributed by atoms with Gasteiger partial charge in [0.25, 0.3) is 11.4 Å². The molecule has 0 spiro atoms. The summed E-state index contributed by atoms with van der Waals surface area (Å²) in [7, 11) is 0. The maximum atomic E-state index is 10.7. The highest BCUT2D eigenvalue weighted by Crippen LogP contribution is 2.21. The number of non-ortho nitro benzene ring substituents is 2. The zero-order valence-electron chi connectivity index (χ0n) is 12.7.